The van der Waals surface area contributed by atoms with Crippen molar-refractivity contribution in [3.05, 3.63) is 33.8 Å². The lowest BCUT2D eigenvalue weighted by Crippen LogP contribution is -2.37. The lowest BCUT2D eigenvalue weighted by Gasteiger charge is -2.22. The second-order valence-corrected chi connectivity index (χ2v) is 4.33. The molecule has 0 aliphatic rings. The van der Waals surface area contributed by atoms with Crippen molar-refractivity contribution in [3.8, 4) is 6.07 Å². The Morgan fingerprint density at radius 2 is 2.21 bits per heavy atom. The molecule has 0 saturated carbocycles. The van der Waals surface area contributed by atoms with Crippen LogP contribution in [-0.4, -0.2) is 11.7 Å². The Labute approximate surface area is 91.3 Å². The Morgan fingerprint density at radius 1 is 1.57 bits per heavy atom. The van der Waals surface area contributed by atoms with Crippen LogP contribution in [0.3, 0.4) is 0 Å². The topological polar surface area (TPSA) is 70.0 Å². The Morgan fingerprint density at radius 3 is 2.71 bits per heavy atom. The Bertz CT molecular complexity index is 382. The van der Waals surface area contributed by atoms with Crippen molar-refractivity contribution in [2.45, 2.75) is 12.5 Å². The zero-order valence-corrected chi connectivity index (χ0v) is 9.37. The van der Waals surface area contributed by atoms with Crippen molar-refractivity contribution in [1.82, 2.24) is 0 Å². The highest BCUT2D eigenvalue weighted by Crippen LogP contribution is 2.23. The second kappa shape index (κ2) is 4.09. The van der Waals surface area contributed by atoms with E-state index in [2.05, 4.69) is 15.9 Å². The van der Waals surface area contributed by atoms with Crippen LogP contribution < -0.4 is 5.73 Å². The van der Waals surface area contributed by atoms with Crippen LogP contribution in [0.5, 0.6) is 0 Å². The maximum absolute atomic E-state index is 9.08. The first-order chi connectivity index (χ1) is 6.49. The molecule has 0 amide bonds. The van der Waals surface area contributed by atoms with Crippen molar-refractivity contribution >= 4 is 15.9 Å². The maximum atomic E-state index is 9.08. The van der Waals surface area contributed by atoms with Gasteiger partial charge in [-0.25, -0.2) is 0 Å². The van der Waals surface area contributed by atoms with Gasteiger partial charge in [-0.2, -0.15) is 5.26 Å². The van der Waals surface area contributed by atoms with E-state index in [0.717, 1.165) is 10.0 Å². The van der Waals surface area contributed by atoms with Crippen LogP contribution >= 0.6 is 15.9 Å². The summed E-state index contributed by atoms with van der Waals surface area (Å²) < 4.78 is 0.789. The standard InChI is InChI=1S/C10H11BrN2O/c1-10(13,6-14)8-2-7(5-12)3-9(11)4-8/h2-4,14H,6,13H2,1H3/t10-/m0/s1. The molecule has 0 aliphatic heterocycles. The minimum atomic E-state index is -0.810. The number of hydrogen-bond acceptors (Lipinski definition) is 3. The fourth-order valence-corrected chi connectivity index (χ4v) is 1.57. The molecule has 0 aromatic heterocycles. The lowest BCUT2D eigenvalue weighted by molar-refractivity contribution is 0.210. The molecule has 1 aromatic carbocycles. The molecular formula is C10H11BrN2O. The monoisotopic (exact) mass is 254 g/mol. The molecule has 3 nitrogen and oxygen atoms in total. The highest BCUT2D eigenvalue weighted by Gasteiger charge is 2.20. The van der Waals surface area contributed by atoms with E-state index in [9.17, 15) is 0 Å². The molecule has 4 heteroatoms. The van der Waals surface area contributed by atoms with Crippen LogP contribution in [0.1, 0.15) is 18.1 Å². The normalized spacial score (nSPS) is 14.5. The summed E-state index contributed by atoms with van der Waals surface area (Å²) in [6.45, 7) is 1.56. The number of halogens is 1. The third kappa shape index (κ3) is 2.32. The third-order valence-electron chi connectivity index (χ3n) is 2.01. The molecule has 0 heterocycles. The van der Waals surface area contributed by atoms with E-state index in [0.29, 0.717) is 5.56 Å². The van der Waals surface area contributed by atoms with Gasteiger partial charge >= 0.3 is 0 Å². The molecule has 0 spiro atoms. The Balaban J connectivity index is 3.24. The number of aliphatic hydroxyl groups is 1. The number of benzene rings is 1. The molecule has 0 unspecified atom stereocenters. The third-order valence-corrected chi connectivity index (χ3v) is 2.47. The number of nitrogens with two attached hydrogens (primary N) is 1. The SMILES string of the molecule is C[C@](N)(CO)c1cc(Br)cc(C#N)c1. The molecule has 0 bridgehead atoms. The van der Waals surface area contributed by atoms with E-state index in [4.69, 9.17) is 16.1 Å². The Kier molecular flexibility index (Phi) is 3.27. The summed E-state index contributed by atoms with van der Waals surface area (Å²) in [4.78, 5) is 0. The minimum absolute atomic E-state index is 0.158. The largest absolute Gasteiger partial charge is 0.394 e. The Hall–Kier alpha value is -0.890. The molecular weight excluding hydrogens is 244 g/mol. The predicted molar refractivity (Wildman–Crippen MR) is 57.5 cm³/mol. The summed E-state index contributed by atoms with van der Waals surface area (Å²) in [5, 5.41) is 17.8. The summed E-state index contributed by atoms with van der Waals surface area (Å²) in [5.41, 5.74) is 6.31. The highest BCUT2D eigenvalue weighted by atomic mass is 79.9. The van der Waals surface area contributed by atoms with Gasteiger partial charge in [0.15, 0.2) is 0 Å². The number of nitrogens with zero attached hydrogens (tertiary/aromatic N) is 1. The molecule has 0 aliphatic carbocycles. The van der Waals surface area contributed by atoms with Crippen molar-refractivity contribution < 1.29 is 5.11 Å². The molecule has 1 atom stereocenters. The summed E-state index contributed by atoms with van der Waals surface area (Å²) in [5.74, 6) is 0. The molecule has 0 radical (unpaired) electrons. The van der Waals surface area contributed by atoms with Gasteiger partial charge in [-0.15, -0.1) is 0 Å². The average Bonchev–Trinajstić information content (AvgIpc) is 2.16. The quantitative estimate of drug-likeness (QED) is 0.841. The summed E-state index contributed by atoms with van der Waals surface area (Å²) >= 11 is 3.29. The number of hydrogen-bond donors (Lipinski definition) is 2. The van der Waals surface area contributed by atoms with Gasteiger partial charge in [0, 0.05) is 4.47 Å². The van der Waals surface area contributed by atoms with E-state index < -0.39 is 5.54 Å². The molecule has 14 heavy (non-hydrogen) atoms. The van der Waals surface area contributed by atoms with E-state index in [1.807, 2.05) is 6.07 Å². The van der Waals surface area contributed by atoms with Crippen molar-refractivity contribution in [2.24, 2.45) is 5.73 Å². The molecule has 3 N–H and O–H groups in total. The van der Waals surface area contributed by atoms with Gasteiger partial charge in [0.2, 0.25) is 0 Å². The summed E-state index contributed by atoms with van der Waals surface area (Å²) in [6, 6.07) is 7.23. The van der Waals surface area contributed by atoms with Gasteiger partial charge in [0.05, 0.1) is 23.8 Å². The zero-order valence-electron chi connectivity index (χ0n) is 7.79. The zero-order chi connectivity index (χ0) is 10.8. The van der Waals surface area contributed by atoms with Gasteiger partial charge in [-0.1, -0.05) is 15.9 Å². The first kappa shape index (κ1) is 11.2. The second-order valence-electron chi connectivity index (χ2n) is 3.42. The van der Waals surface area contributed by atoms with Gasteiger partial charge in [0.1, 0.15) is 0 Å². The first-order valence-corrected chi connectivity index (χ1v) is 4.90. The number of rotatable bonds is 2. The molecule has 0 saturated heterocycles. The van der Waals surface area contributed by atoms with E-state index in [-0.39, 0.29) is 6.61 Å². The molecule has 74 valence electrons. The number of nitriles is 1. The van der Waals surface area contributed by atoms with Gasteiger partial charge in [-0.05, 0) is 30.7 Å². The first-order valence-electron chi connectivity index (χ1n) is 4.10. The summed E-state index contributed by atoms with van der Waals surface area (Å²) in [7, 11) is 0. The predicted octanol–water partition coefficient (Wildman–Crippen LogP) is 1.49. The lowest BCUT2D eigenvalue weighted by atomic mass is 9.93. The fraction of sp³-hybridized carbons (Fsp3) is 0.300. The maximum Gasteiger partial charge on any atom is 0.0992 e. The molecule has 0 fully saturated rings. The van der Waals surface area contributed by atoms with Gasteiger partial charge in [0.25, 0.3) is 0 Å². The van der Waals surface area contributed by atoms with Gasteiger partial charge < -0.3 is 10.8 Å². The van der Waals surface area contributed by atoms with Crippen molar-refractivity contribution in [3.63, 3.8) is 0 Å². The van der Waals surface area contributed by atoms with E-state index in [1.54, 1.807) is 25.1 Å². The molecule has 1 rings (SSSR count). The van der Waals surface area contributed by atoms with Crippen LogP contribution in [0.2, 0.25) is 0 Å². The van der Waals surface area contributed by atoms with E-state index in [1.165, 1.54) is 0 Å². The van der Waals surface area contributed by atoms with Crippen molar-refractivity contribution in [1.29, 1.82) is 5.26 Å². The van der Waals surface area contributed by atoms with E-state index >= 15 is 0 Å². The van der Waals surface area contributed by atoms with Crippen molar-refractivity contribution in [2.75, 3.05) is 6.61 Å². The van der Waals surface area contributed by atoms with Crippen LogP contribution in [0.4, 0.5) is 0 Å². The fourth-order valence-electron chi connectivity index (χ4n) is 1.08. The van der Waals surface area contributed by atoms with Crippen LogP contribution in [-0.2, 0) is 5.54 Å². The van der Waals surface area contributed by atoms with Crippen LogP contribution in [0.15, 0.2) is 22.7 Å². The van der Waals surface area contributed by atoms with Gasteiger partial charge in [-0.3, -0.25) is 0 Å². The van der Waals surface area contributed by atoms with Crippen LogP contribution in [0.25, 0.3) is 0 Å². The smallest absolute Gasteiger partial charge is 0.0992 e. The molecule has 1 aromatic rings. The number of aliphatic hydroxyl groups excluding tert-OH is 1. The highest BCUT2D eigenvalue weighted by molar-refractivity contribution is 9.10. The summed E-state index contributed by atoms with van der Waals surface area (Å²) in [6.07, 6.45) is 0. The average molecular weight is 255 g/mol. The van der Waals surface area contributed by atoms with Crippen LogP contribution in [0, 0.1) is 11.3 Å². The minimum Gasteiger partial charge on any atom is -0.394 e.